The zero-order valence-electron chi connectivity index (χ0n) is 18.0. The molecule has 0 fully saturated rings. The third-order valence-corrected chi connectivity index (χ3v) is 6.57. The number of aromatic nitrogens is 1. The first-order valence-corrected chi connectivity index (χ1v) is 12.7. The molecule has 0 aliphatic heterocycles. The second-order valence-electron chi connectivity index (χ2n) is 7.24. The summed E-state index contributed by atoms with van der Waals surface area (Å²) >= 11 is 1.28. The Labute approximate surface area is 185 Å². The molecule has 7 nitrogen and oxygen atoms in total. The van der Waals surface area contributed by atoms with Crippen LogP contribution in [0.3, 0.4) is 0 Å². The Morgan fingerprint density at radius 1 is 1.16 bits per heavy atom. The molecule has 9 heteroatoms. The van der Waals surface area contributed by atoms with E-state index in [2.05, 4.69) is 4.99 Å². The number of nitrogens with zero attached hydrogens (tertiary/aromatic N) is 2. The van der Waals surface area contributed by atoms with Crippen molar-refractivity contribution in [1.29, 1.82) is 0 Å². The van der Waals surface area contributed by atoms with E-state index in [1.165, 1.54) is 17.6 Å². The Balaban J connectivity index is 2.02. The van der Waals surface area contributed by atoms with Gasteiger partial charge >= 0.3 is 0 Å². The van der Waals surface area contributed by atoms with Gasteiger partial charge in [-0.15, -0.1) is 0 Å². The number of fused-ring (bicyclic) bond motifs is 1. The number of thiazole rings is 1. The van der Waals surface area contributed by atoms with E-state index in [0.29, 0.717) is 35.9 Å². The molecule has 1 heterocycles. The molecule has 0 N–H and O–H groups in total. The minimum atomic E-state index is -3.33. The van der Waals surface area contributed by atoms with E-state index in [-0.39, 0.29) is 16.9 Å². The second-order valence-corrected chi connectivity index (χ2v) is 10.3. The topological polar surface area (TPSA) is 87.0 Å². The molecule has 0 aliphatic rings. The number of rotatable bonds is 8. The van der Waals surface area contributed by atoms with Crippen molar-refractivity contribution in [2.75, 3.05) is 19.5 Å². The van der Waals surface area contributed by atoms with Crippen LogP contribution in [0.15, 0.2) is 52.4 Å². The van der Waals surface area contributed by atoms with E-state index in [1.807, 2.05) is 25.3 Å². The fourth-order valence-electron chi connectivity index (χ4n) is 2.99. The minimum Gasteiger partial charge on any atom is -0.491 e. The van der Waals surface area contributed by atoms with Gasteiger partial charge in [-0.25, -0.2) is 8.42 Å². The van der Waals surface area contributed by atoms with Gasteiger partial charge < -0.3 is 14.0 Å². The number of benzene rings is 2. The minimum absolute atomic E-state index is 0.0471. The lowest BCUT2D eigenvalue weighted by molar-refractivity contribution is 0.0996. The lowest BCUT2D eigenvalue weighted by atomic mass is 10.2. The van der Waals surface area contributed by atoms with Crippen LogP contribution in [0.5, 0.6) is 5.75 Å². The van der Waals surface area contributed by atoms with Crippen LogP contribution in [0, 0.1) is 0 Å². The summed E-state index contributed by atoms with van der Waals surface area (Å²) < 4.78 is 37.6. The van der Waals surface area contributed by atoms with E-state index in [9.17, 15) is 13.2 Å². The zero-order chi connectivity index (χ0) is 22.6. The lowest BCUT2D eigenvalue weighted by Gasteiger charge is -2.09. The van der Waals surface area contributed by atoms with Crippen LogP contribution in [0.4, 0.5) is 0 Å². The van der Waals surface area contributed by atoms with Crippen LogP contribution < -0.4 is 9.54 Å². The van der Waals surface area contributed by atoms with Crippen molar-refractivity contribution in [3.63, 3.8) is 0 Å². The van der Waals surface area contributed by atoms with Crippen LogP contribution in [-0.4, -0.2) is 44.5 Å². The van der Waals surface area contributed by atoms with Crippen molar-refractivity contribution < 1.29 is 22.7 Å². The van der Waals surface area contributed by atoms with Crippen LogP contribution >= 0.6 is 11.3 Å². The molecule has 0 bridgehead atoms. The Kier molecular flexibility index (Phi) is 7.30. The van der Waals surface area contributed by atoms with Crippen molar-refractivity contribution in [3.8, 4) is 5.75 Å². The highest BCUT2D eigenvalue weighted by molar-refractivity contribution is 7.90. The van der Waals surface area contributed by atoms with E-state index >= 15 is 0 Å². The maximum atomic E-state index is 12.8. The summed E-state index contributed by atoms with van der Waals surface area (Å²) in [6.07, 6.45) is 1.22. The molecule has 3 rings (SSSR count). The summed E-state index contributed by atoms with van der Waals surface area (Å²) in [7, 11) is -3.33. The summed E-state index contributed by atoms with van der Waals surface area (Å²) in [6, 6.07) is 11.8. The molecular formula is C22H26N2O5S2. The standard InChI is InChI=1S/C22H26N2O5S2/c1-5-28-13-12-24-19-11-10-18(31(4,26)27)14-20(19)30-22(24)23-21(25)16-6-8-17(9-7-16)29-15(2)3/h6-11,14-15H,5,12-13H2,1-4H3. The van der Waals surface area contributed by atoms with Gasteiger partial charge in [0.05, 0.1) is 27.8 Å². The third-order valence-electron chi connectivity index (χ3n) is 4.42. The summed E-state index contributed by atoms with van der Waals surface area (Å²) in [4.78, 5) is 17.8. The number of hydrogen-bond acceptors (Lipinski definition) is 6. The van der Waals surface area contributed by atoms with Crippen molar-refractivity contribution in [1.82, 2.24) is 4.57 Å². The van der Waals surface area contributed by atoms with Gasteiger partial charge in [-0.05, 0) is 63.2 Å². The molecule has 1 aromatic heterocycles. The molecule has 166 valence electrons. The normalized spacial score (nSPS) is 12.6. The van der Waals surface area contributed by atoms with Crippen molar-refractivity contribution in [2.24, 2.45) is 4.99 Å². The van der Waals surface area contributed by atoms with Crippen LogP contribution in [0.2, 0.25) is 0 Å². The number of amides is 1. The highest BCUT2D eigenvalue weighted by Gasteiger charge is 2.13. The second kappa shape index (κ2) is 9.76. The molecule has 1 amide bonds. The average molecular weight is 463 g/mol. The fraction of sp³-hybridized carbons (Fsp3) is 0.364. The molecule has 2 aromatic carbocycles. The Morgan fingerprint density at radius 3 is 2.48 bits per heavy atom. The number of carbonyl (C=O) groups excluding carboxylic acids is 1. The van der Waals surface area contributed by atoms with Gasteiger partial charge in [0, 0.05) is 25.0 Å². The molecule has 0 saturated heterocycles. The molecule has 0 aliphatic carbocycles. The van der Waals surface area contributed by atoms with Crippen LogP contribution in [-0.2, 0) is 21.1 Å². The average Bonchev–Trinajstić information content (AvgIpc) is 3.04. The van der Waals surface area contributed by atoms with Gasteiger partial charge in [-0.3, -0.25) is 4.79 Å². The largest absolute Gasteiger partial charge is 0.491 e. The zero-order valence-corrected chi connectivity index (χ0v) is 19.6. The van der Waals surface area contributed by atoms with E-state index in [0.717, 1.165) is 10.2 Å². The smallest absolute Gasteiger partial charge is 0.279 e. The van der Waals surface area contributed by atoms with Gasteiger partial charge in [0.1, 0.15) is 5.75 Å². The molecular weight excluding hydrogens is 436 g/mol. The lowest BCUT2D eigenvalue weighted by Crippen LogP contribution is -2.19. The Hall–Kier alpha value is -2.49. The van der Waals surface area contributed by atoms with Crippen molar-refractivity contribution in [3.05, 3.63) is 52.8 Å². The first kappa shape index (κ1) is 23.2. The predicted octanol–water partition coefficient (Wildman–Crippen LogP) is 3.67. The molecule has 0 atom stereocenters. The molecule has 0 saturated carbocycles. The number of ether oxygens (including phenoxy) is 2. The molecule has 3 aromatic rings. The SMILES string of the molecule is CCOCCn1c(=NC(=O)c2ccc(OC(C)C)cc2)sc2cc(S(C)(=O)=O)ccc21. The maximum Gasteiger partial charge on any atom is 0.279 e. The summed E-state index contributed by atoms with van der Waals surface area (Å²) in [5, 5.41) is 0. The number of carbonyl (C=O) groups is 1. The highest BCUT2D eigenvalue weighted by atomic mass is 32.2. The van der Waals surface area contributed by atoms with E-state index in [1.54, 1.807) is 42.5 Å². The van der Waals surface area contributed by atoms with E-state index < -0.39 is 9.84 Å². The van der Waals surface area contributed by atoms with Crippen molar-refractivity contribution in [2.45, 2.75) is 38.3 Å². The predicted molar refractivity (Wildman–Crippen MR) is 122 cm³/mol. The van der Waals surface area contributed by atoms with Gasteiger partial charge in [-0.2, -0.15) is 4.99 Å². The number of hydrogen-bond donors (Lipinski definition) is 0. The molecule has 0 spiro atoms. The summed E-state index contributed by atoms with van der Waals surface area (Å²) in [5.74, 6) is 0.310. The maximum absolute atomic E-state index is 12.8. The molecule has 31 heavy (non-hydrogen) atoms. The van der Waals surface area contributed by atoms with Gasteiger partial charge in [-0.1, -0.05) is 11.3 Å². The van der Waals surface area contributed by atoms with Crippen LogP contribution in [0.1, 0.15) is 31.1 Å². The Bertz CT molecular complexity index is 1240. The van der Waals surface area contributed by atoms with Crippen molar-refractivity contribution >= 4 is 37.3 Å². The summed E-state index contributed by atoms with van der Waals surface area (Å²) in [5.41, 5.74) is 1.26. The number of sulfone groups is 1. The fourth-order valence-corrected chi connectivity index (χ4v) is 4.80. The van der Waals surface area contributed by atoms with Gasteiger partial charge in [0.2, 0.25) is 0 Å². The third kappa shape index (κ3) is 5.81. The van der Waals surface area contributed by atoms with Gasteiger partial charge in [0.15, 0.2) is 14.6 Å². The monoisotopic (exact) mass is 462 g/mol. The highest BCUT2D eigenvalue weighted by Crippen LogP contribution is 2.22. The molecule has 0 unspecified atom stereocenters. The molecule has 0 radical (unpaired) electrons. The van der Waals surface area contributed by atoms with E-state index in [4.69, 9.17) is 9.47 Å². The van der Waals surface area contributed by atoms with Crippen LogP contribution in [0.25, 0.3) is 10.2 Å². The first-order valence-electron chi connectivity index (χ1n) is 9.96. The quantitative estimate of drug-likeness (QED) is 0.477. The van der Waals surface area contributed by atoms with Gasteiger partial charge in [0.25, 0.3) is 5.91 Å². The first-order chi connectivity index (χ1) is 14.7. The Morgan fingerprint density at radius 2 is 1.87 bits per heavy atom. The summed E-state index contributed by atoms with van der Waals surface area (Å²) in [6.45, 7) is 7.32.